The van der Waals surface area contributed by atoms with Crippen LogP contribution in [0.5, 0.6) is 0 Å². The summed E-state index contributed by atoms with van der Waals surface area (Å²) >= 11 is 3.55. The van der Waals surface area contributed by atoms with E-state index in [-0.39, 0.29) is 5.54 Å². The average Bonchev–Trinajstić information content (AvgIpc) is 2.76. The van der Waals surface area contributed by atoms with Crippen molar-refractivity contribution in [1.29, 1.82) is 0 Å². The highest BCUT2D eigenvalue weighted by Crippen LogP contribution is 2.35. The normalized spacial score (nSPS) is 19.6. The lowest BCUT2D eigenvalue weighted by Gasteiger charge is -2.32. The zero-order valence-corrected chi connectivity index (χ0v) is 11.3. The summed E-state index contributed by atoms with van der Waals surface area (Å²) in [6, 6.07) is 4.05. The molecule has 2 heterocycles. The van der Waals surface area contributed by atoms with Gasteiger partial charge < -0.3 is 10.1 Å². The van der Waals surface area contributed by atoms with E-state index in [0.717, 1.165) is 28.7 Å². The van der Waals surface area contributed by atoms with Crippen LogP contribution in [0.2, 0.25) is 0 Å². The van der Waals surface area contributed by atoms with Crippen molar-refractivity contribution < 1.29 is 0 Å². The molecule has 0 unspecified atom stereocenters. The van der Waals surface area contributed by atoms with Crippen molar-refractivity contribution in [2.24, 2.45) is 5.73 Å². The molecule has 0 spiro atoms. The first-order chi connectivity index (χ1) is 8.21. The van der Waals surface area contributed by atoms with Crippen LogP contribution >= 0.6 is 15.9 Å². The van der Waals surface area contributed by atoms with Crippen molar-refractivity contribution in [3.05, 3.63) is 34.8 Å². The van der Waals surface area contributed by atoms with Gasteiger partial charge in [0.1, 0.15) is 5.82 Å². The van der Waals surface area contributed by atoms with E-state index in [1.54, 1.807) is 0 Å². The summed E-state index contributed by atoms with van der Waals surface area (Å²) in [6.07, 6.45) is 9.75. The highest BCUT2D eigenvalue weighted by molar-refractivity contribution is 9.10. The SMILES string of the molecule is NC1(c2ncc3c(Br)cccn23)CCCCC1. The fourth-order valence-electron chi connectivity index (χ4n) is 2.76. The summed E-state index contributed by atoms with van der Waals surface area (Å²) in [5.74, 6) is 1.01. The first-order valence-electron chi connectivity index (χ1n) is 6.12. The number of rotatable bonds is 1. The molecule has 0 aromatic carbocycles. The molecule has 3 nitrogen and oxygen atoms in total. The molecule has 1 fully saturated rings. The molecule has 0 aliphatic heterocycles. The lowest BCUT2D eigenvalue weighted by molar-refractivity contribution is 0.286. The first kappa shape index (κ1) is 11.2. The molecule has 2 N–H and O–H groups in total. The molecule has 2 aromatic heterocycles. The lowest BCUT2D eigenvalue weighted by Crippen LogP contribution is -2.40. The molecular formula is C13H16BrN3. The van der Waals surface area contributed by atoms with Gasteiger partial charge in [-0.05, 0) is 40.9 Å². The maximum atomic E-state index is 6.54. The average molecular weight is 294 g/mol. The Labute approximate surface area is 109 Å². The maximum Gasteiger partial charge on any atom is 0.133 e. The van der Waals surface area contributed by atoms with Gasteiger partial charge in [0.15, 0.2) is 0 Å². The van der Waals surface area contributed by atoms with Gasteiger partial charge in [-0.3, -0.25) is 0 Å². The number of pyridine rings is 1. The standard InChI is InChI=1S/C13H16BrN3/c14-10-5-4-8-17-11(10)9-16-12(17)13(15)6-2-1-3-7-13/h4-5,8-9H,1-3,6-7,15H2. The summed E-state index contributed by atoms with van der Waals surface area (Å²) in [6.45, 7) is 0. The molecule has 0 bridgehead atoms. The van der Waals surface area contributed by atoms with Gasteiger partial charge in [0.25, 0.3) is 0 Å². The number of aromatic nitrogens is 2. The number of fused-ring (bicyclic) bond motifs is 1. The molecular weight excluding hydrogens is 278 g/mol. The molecule has 2 aromatic rings. The first-order valence-corrected chi connectivity index (χ1v) is 6.91. The summed E-state index contributed by atoms with van der Waals surface area (Å²) < 4.78 is 3.19. The summed E-state index contributed by atoms with van der Waals surface area (Å²) in [5, 5.41) is 0. The Morgan fingerprint density at radius 1 is 1.29 bits per heavy atom. The van der Waals surface area contributed by atoms with Crippen LogP contribution in [-0.2, 0) is 5.54 Å². The Morgan fingerprint density at radius 2 is 2.06 bits per heavy atom. The molecule has 90 valence electrons. The molecule has 4 heteroatoms. The number of halogens is 1. The van der Waals surface area contributed by atoms with E-state index in [2.05, 4.69) is 25.3 Å². The minimum absolute atomic E-state index is 0.245. The summed E-state index contributed by atoms with van der Waals surface area (Å²) in [5.41, 5.74) is 7.39. The number of hydrogen-bond donors (Lipinski definition) is 1. The minimum atomic E-state index is -0.245. The van der Waals surface area contributed by atoms with Crippen molar-refractivity contribution in [3.63, 3.8) is 0 Å². The second-order valence-electron chi connectivity index (χ2n) is 4.91. The van der Waals surface area contributed by atoms with Gasteiger partial charge in [0, 0.05) is 10.7 Å². The Balaban J connectivity index is 2.14. The lowest BCUT2D eigenvalue weighted by atomic mass is 9.82. The molecule has 0 amide bonds. The Hall–Kier alpha value is -0.870. The Morgan fingerprint density at radius 3 is 2.82 bits per heavy atom. The largest absolute Gasteiger partial charge is 0.319 e. The third kappa shape index (κ3) is 1.79. The van der Waals surface area contributed by atoms with Gasteiger partial charge in [-0.15, -0.1) is 0 Å². The molecule has 1 saturated carbocycles. The number of nitrogens with two attached hydrogens (primary N) is 1. The van der Waals surface area contributed by atoms with E-state index in [1.165, 1.54) is 19.3 Å². The van der Waals surface area contributed by atoms with Crippen molar-refractivity contribution >= 4 is 21.4 Å². The van der Waals surface area contributed by atoms with Crippen LogP contribution < -0.4 is 5.73 Å². The van der Waals surface area contributed by atoms with Crippen LogP contribution in [0.15, 0.2) is 29.0 Å². The predicted molar refractivity (Wildman–Crippen MR) is 71.8 cm³/mol. The quantitative estimate of drug-likeness (QED) is 0.877. The van der Waals surface area contributed by atoms with Gasteiger partial charge >= 0.3 is 0 Å². The zero-order chi connectivity index (χ0) is 11.9. The monoisotopic (exact) mass is 293 g/mol. The molecule has 3 rings (SSSR count). The third-order valence-electron chi connectivity index (χ3n) is 3.71. The van der Waals surface area contributed by atoms with Crippen LogP contribution in [0.3, 0.4) is 0 Å². The van der Waals surface area contributed by atoms with Gasteiger partial charge in [0.2, 0.25) is 0 Å². The number of nitrogens with zero attached hydrogens (tertiary/aromatic N) is 2. The number of hydrogen-bond acceptors (Lipinski definition) is 2. The smallest absolute Gasteiger partial charge is 0.133 e. The van der Waals surface area contributed by atoms with Crippen molar-refractivity contribution in [2.75, 3.05) is 0 Å². The second kappa shape index (κ2) is 4.10. The van der Waals surface area contributed by atoms with Gasteiger partial charge in [0.05, 0.1) is 17.3 Å². The second-order valence-corrected chi connectivity index (χ2v) is 5.76. The van der Waals surface area contributed by atoms with E-state index in [9.17, 15) is 0 Å². The number of imidazole rings is 1. The van der Waals surface area contributed by atoms with Crippen molar-refractivity contribution in [1.82, 2.24) is 9.38 Å². The van der Waals surface area contributed by atoms with Gasteiger partial charge in [-0.2, -0.15) is 0 Å². The van der Waals surface area contributed by atoms with Gasteiger partial charge in [-0.1, -0.05) is 19.3 Å². The molecule has 0 atom stereocenters. The molecule has 0 saturated heterocycles. The van der Waals surface area contributed by atoms with Crippen LogP contribution in [0.1, 0.15) is 37.9 Å². The Kier molecular flexibility index (Phi) is 2.71. The summed E-state index contributed by atoms with van der Waals surface area (Å²) in [4.78, 5) is 4.56. The van der Waals surface area contributed by atoms with Crippen LogP contribution in [0, 0.1) is 0 Å². The summed E-state index contributed by atoms with van der Waals surface area (Å²) in [7, 11) is 0. The molecule has 1 aliphatic rings. The van der Waals surface area contributed by atoms with Crippen molar-refractivity contribution in [2.45, 2.75) is 37.6 Å². The molecule has 0 radical (unpaired) electrons. The molecule has 17 heavy (non-hydrogen) atoms. The highest BCUT2D eigenvalue weighted by Gasteiger charge is 2.33. The van der Waals surface area contributed by atoms with E-state index >= 15 is 0 Å². The maximum absolute atomic E-state index is 6.54. The topological polar surface area (TPSA) is 43.3 Å². The van der Waals surface area contributed by atoms with Crippen LogP contribution in [0.4, 0.5) is 0 Å². The van der Waals surface area contributed by atoms with E-state index < -0.39 is 0 Å². The highest BCUT2D eigenvalue weighted by atomic mass is 79.9. The van der Waals surface area contributed by atoms with Crippen molar-refractivity contribution in [3.8, 4) is 0 Å². The zero-order valence-electron chi connectivity index (χ0n) is 9.69. The van der Waals surface area contributed by atoms with Crippen LogP contribution in [-0.4, -0.2) is 9.38 Å². The van der Waals surface area contributed by atoms with Crippen LogP contribution in [0.25, 0.3) is 5.52 Å². The van der Waals surface area contributed by atoms with Gasteiger partial charge in [-0.25, -0.2) is 4.98 Å². The predicted octanol–water partition coefficient (Wildman–Crippen LogP) is 3.21. The Bertz CT molecular complexity index is 541. The minimum Gasteiger partial charge on any atom is -0.319 e. The fraction of sp³-hybridized carbons (Fsp3) is 0.462. The van der Waals surface area contributed by atoms with E-state index in [0.29, 0.717) is 0 Å². The fourth-order valence-corrected chi connectivity index (χ4v) is 3.21. The third-order valence-corrected chi connectivity index (χ3v) is 4.38. The van der Waals surface area contributed by atoms with E-state index in [4.69, 9.17) is 5.73 Å². The van der Waals surface area contributed by atoms with E-state index in [1.807, 2.05) is 24.5 Å². The molecule has 1 aliphatic carbocycles.